The molecular weight excluding hydrogens is 384 g/mol. The highest BCUT2D eigenvalue weighted by molar-refractivity contribution is 4.75. The normalized spacial score (nSPS) is 16.5. The van der Waals surface area contributed by atoms with Gasteiger partial charge in [-0.1, -0.05) is 0 Å². The monoisotopic (exact) mass is 430 g/mol. The van der Waals surface area contributed by atoms with Gasteiger partial charge in [-0.15, -0.1) is 0 Å². The van der Waals surface area contributed by atoms with Crippen LogP contribution in [0, 0.1) is 0 Å². The van der Waals surface area contributed by atoms with Gasteiger partial charge in [0.1, 0.15) is 12.2 Å². The lowest BCUT2D eigenvalue weighted by Gasteiger charge is -2.30. The van der Waals surface area contributed by atoms with Crippen molar-refractivity contribution < 1.29 is 19.6 Å². The molecule has 0 saturated heterocycles. The van der Waals surface area contributed by atoms with Crippen LogP contribution in [0.15, 0.2) is 20.5 Å². The summed E-state index contributed by atoms with van der Waals surface area (Å²) in [6.45, 7) is 24.7. The molecule has 2 atom stereocenters. The minimum Gasteiger partial charge on any atom is -0.231 e. The zero-order valence-electron chi connectivity index (χ0n) is 21.4. The van der Waals surface area contributed by atoms with Crippen LogP contribution < -0.4 is 0 Å². The zero-order chi connectivity index (χ0) is 23.6. The Labute approximate surface area is 184 Å². The maximum atomic E-state index is 5.65. The Bertz CT molecular complexity index is 486. The fourth-order valence-electron chi connectivity index (χ4n) is 1.91. The third-order valence-corrected chi connectivity index (χ3v) is 3.62. The van der Waals surface area contributed by atoms with Crippen molar-refractivity contribution in [3.05, 3.63) is 0 Å². The Morgan fingerprint density at radius 1 is 0.567 bits per heavy atom. The van der Waals surface area contributed by atoms with E-state index in [4.69, 9.17) is 19.6 Å². The lowest BCUT2D eigenvalue weighted by atomic mass is 9.94. The summed E-state index contributed by atoms with van der Waals surface area (Å²) in [7, 11) is 0. The molecule has 8 nitrogen and oxygen atoms in total. The molecule has 0 rings (SSSR count). The molecule has 0 N–H and O–H groups in total. The zero-order valence-corrected chi connectivity index (χ0v) is 21.4. The van der Waals surface area contributed by atoms with Crippen molar-refractivity contribution in [2.24, 2.45) is 20.5 Å². The lowest BCUT2D eigenvalue weighted by Crippen LogP contribution is -2.33. The maximum absolute atomic E-state index is 5.65. The van der Waals surface area contributed by atoms with Gasteiger partial charge < -0.3 is 0 Å². The van der Waals surface area contributed by atoms with Crippen molar-refractivity contribution in [1.29, 1.82) is 0 Å². The van der Waals surface area contributed by atoms with E-state index >= 15 is 0 Å². The second-order valence-corrected chi connectivity index (χ2v) is 11.2. The minimum absolute atomic E-state index is 0.175. The topological polar surface area (TPSA) is 86.4 Å². The SMILES string of the molecule is CC(CN=NC(C)(C)C)OOC(C)(C)CCC(C)(C)OOC(C)CN=NC(C)(C)C. The predicted molar refractivity (Wildman–Crippen MR) is 120 cm³/mol. The van der Waals surface area contributed by atoms with Gasteiger partial charge in [0.05, 0.1) is 35.4 Å². The standard InChI is InChI=1S/C22H46N4O4/c1-17(15-23-25-19(3,4)5)27-29-21(9,10)13-14-22(11,12)30-28-18(2)16-24-26-20(6,7)8/h17-18H,13-16H2,1-12H3. The number of nitrogens with zero attached hydrogens (tertiary/aromatic N) is 4. The lowest BCUT2D eigenvalue weighted by molar-refractivity contribution is -0.387. The van der Waals surface area contributed by atoms with E-state index in [-0.39, 0.29) is 23.3 Å². The molecule has 0 aliphatic carbocycles. The van der Waals surface area contributed by atoms with Gasteiger partial charge in [-0.3, -0.25) is 0 Å². The van der Waals surface area contributed by atoms with Gasteiger partial charge in [0.2, 0.25) is 0 Å². The van der Waals surface area contributed by atoms with E-state index in [0.29, 0.717) is 13.1 Å². The highest BCUT2D eigenvalue weighted by Crippen LogP contribution is 2.26. The Kier molecular flexibility index (Phi) is 11.8. The summed E-state index contributed by atoms with van der Waals surface area (Å²) in [5, 5.41) is 16.8. The van der Waals surface area contributed by atoms with Gasteiger partial charge in [-0.2, -0.15) is 20.5 Å². The van der Waals surface area contributed by atoms with Crippen LogP contribution in [0.2, 0.25) is 0 Å². The fraction of sp³-hybridized carbons (Fsp3) is 1.00. The number of hydrogen-bond donors (Lipinski definition) is 0. The summed E-state index contributed by atoms with van der Waals surface area (Å²) in [6, 6.07) is 0. The van der Waals surface area contributed by atoms with Crippen LogP contribution in [0.25, 0.3) is 0 Å². The van der Waals surface area contributed by atoms with Crippen LogP contribution in [-0.4, -0.2) is 47.6 Å². The first-order chi connectivity index (χ1) is 13.4. The first-order valence-electron chi connectivity index (χ1n) is 10.9. The Morgan fingerprint density at radius 3 is 1.13 bits per heavy atom. The van der Waals surface area contributed by atoms with E-state index in [1.807, 2.05) is 83.1 Å². The first kappa shape index (κ1) is 29.0. The summed E-state index contributed by atoms with van der Waals surface area (Å²) >= 11 is 0. The van der Waals surface area contributed by atoms with E-state index in [2.05, 4.69) is 20.5 Å². The molecular formula is C22H46N4O4. The van der Waals surface area contributed by atoms with E-state index in [1.54, 1.807) is 0 Å². The summed E-state index contributed by atoms with van der Waals surface area (Å²) in [4.78, 5) is 22.3. The Morgan fingerprint density at radius 2 is 0.867 bits per heavy atom. The molecule has 30 heavy (non-hydrogen) atoms. The molecule has 0 amide bonds. The van der Waals surface area contributed by atoms with Crippen molar-refractivity contribution in [3.63, 3.8) is 0 Å². The van der Waals surface area contributed by atoms with Crippen LogP contribution in [0.4, 0.5) is 0 Å². The van der Waals surface area contributed by atoms with E-state index < -0.39 is 11.2 Å². The van der Waals surface area contributed by atoms with Crippen molar-refractivity contribution >= 4 is 0 Å². The summed E-state index contributed by atoms with van der Waals surface area (Å²) in [5.41, 5.74) is -1.30. The molecule has 0 bridgehead atoms. The highest BCUT2D eigenvalue weighted by atomic mass is 17.2. The third kappa shape index (κ3) is 17.9. The van der Waals surface area contributed by atoms with Gasteiger partial charge in [0, 0.05) is 0 Å². The van der Waals surface area contributed by atoms with Crippen LogP contribution in [0.1, 0.15) is 95.9 Å². The van der Waals surface area contributed by atoms with Crippen LogP contribution in [0.5, 0.6) is 0 Å². The summed E-state index contributed by atoms with van der Waals surface area (Å²) in [6.07, 6.45) is 1.12. The largest absolute Gasteiger partial charge is 0.231 e. The quantitative estimate of drug-likeness (QED) is 0.190. The number of azo groups is 2. The molecule has 0 aromatic rings. The van der Waals surface area contributed by atoms with Crippen molar-refractivity contribution in [1.82, 2.24) is 0 Å². The van der Waals surface area contributed by atoms with Gasteiger partial charge in [-0.25, -0.2) is 19.6 Å². The molecule has 0 aliphatic heterocycles. The van der Waals surface area contributed by atoms with Crippen molar-refractivity contribution in [2.45, 2.75) is 130 Å². The molecule has 0 spiro atoms. The fourth-order valence-corrected chi connectivity index (χ4v) is 1.91. The number of rotatable bonds is 13. The Balaban J connectivity index is 4.29. The van der Waals surface area contributed by atoms with Gasteiger partial charge in [0.25, 0.3) is 0 Å². The van der Waals surface area contributed by atoms with Gasteiger partial charge in [0.15, 0.2) is 0 Å². The van der Waals surface area contributed by atoms with E-state index in [9.17, 15) is 0 Å². The molecule has 0 aromatic heterocycles. The van der Waals surface area contributed by atoms with E-state index in [1.165, 1.54) is 0 Å². The summed E-state index contributed by atoms with van der Waals surface area (Å²) < 4.78 is 0. The smallest absolute Gasteiger partial charge is 0.111 e. The molecule has 0 saturated carbocycles. The van der Waals surface area contributed by atoms with Crippen LogP contribution >= 0.6 is 0 Å². The molecule has 178 valence electrons. The average molecular weight is 431 g/mol. The second kappa shape index (κ2) is 12.2. The minimum atomic E-state index is -0.470. The van der Waals surface area contributed by atoms with Gasteiger partial charge in [-0.05, 0) is 95.9 Å². The third-order valence-electron chi connectivity index (χ3n) is 3.62. The van der Waals surface area contributed by atoms with Gasteiger partial charge >= 0.3 is 0 Å². The first-order valence-corrected chi connectivity index (χ1v) is 10.9. The molecule has 0 aromatic carbocycles. The summed E-state index contributed by atoms with van der Waals surface area (Å²) in [5.74, 6) is 0. The van der Waals surface area contributed by atoms with Crippen molar-refractivity contribution in [3.8, 4) is 0 Å². The average Bonchev–Trinajstić information content (AvgIpc) is 2.55. The van der Waals surface area contributed by atoms with Crippen LogP contribution in [0.3, 0.4) is 0 Å². The number of hydrogen-bond acceptors (Lipinski definition) is 8. The molecule has 0 fully saturated rings. The molecule has 0 aliphatic rings. The van der Waals surface area contributed by atoms with E-state index in [0.717, 1.165) is 12.8 Å². The van der Waals surface area contributed by atoms with Crippen LogP contribution in [-0.2, 0) is 19.6 Å². The molecule has 2 unspecified atom stereocenters. The van der Waals surface area contributed by atoms with Crippen molar-refractivity contribution in [2.75, 3.05) is 13.1 Å². The second-order valence-electron chi connectivity index (χ2n) is 11.2. The highest BCUT2D eigenvalue weighted by Gasteiger charge is 2.28. The molecule has 0 heterocycles. The predicted octanol–water partition coefficient (Wildman–Crippen LogP) is 6.50. The maximum Gasteiger partial charge on any atom is 0.111 e. The molecule has 8 heteroatoms. The molecule has 0 radical (unpaired) electrons. The Hall–Kier alpha value is -0.960.